The summed E-state index contributed by atoms with van der Waals surface area (Å²) in [6, 6.07) is 5.04. The molecule has 0 bridgehead atoms. The molecule has 1 atom stereocenters. The number of aryl methyl sites for hydroxylation is 1. The van der Waals surface area contributed by atoms with Crippen molar-refractivity contribution in [1.29, 1.82) is 0 Å². The zero-order valence-corrected chi connectivity index (χ0v) is 13.7. The standard InChI is InChI=1S/C17H27FN2O/c1-12-8-13(18)6-7-14(12)15(9-19)20-10-16(2,3)21-17(4,5)11-20/h6-8,15H,9-11,19H2,1-5H3. The van der Waals surface area contributed by atoms with Gasteiger partial charge >= 0.3 is 0 Å². The summed E-state index contributed by atoms with van der Waals surface area (Å²) in [5.74, 6) is -0.199. The quantitative estimate of drug-likeness (QED) is 0.931. The van der Waals surface area contributed by atoms with E-state index in [1.54, 1.807) is 6.07 Å². The van der Waals surface area contributed by atoms with E-state index >= 15 is 0 Å². The molecular weight excluding hydrogens is 267 g/mol. The fraction of sp³-hybridized carbons (Fsp3) is 0.647. The number of hydrogen-bond acceptors (Lipinski definition) is 3. The third kappa shape index (κ3) is 3.82. The molecule has 118 valence electrons. The lowest BCUT2D eigenvalue weighted by atomic mass is 9.93. The molecule has 3 nitrogen and oxygen atoms in total. The minimum absolute atomic E-state index is 0.0908. The molecule has 21 heavy (non-hydrogen) atoms. The maximum atomic E-state index is 13.3. The van der Waals surface area contributed by atoms with Crippen LogP contribution in [0.3, 0.4) is 0 Å². The van der Waals surface area contributed by atoms with Crippen LogP contribution < -0.4 is 5.73 Å². The molecule has 2 rings (SSSR count). The molecule has 1 unspecified atom stereocenters. The molecule has 1 aliphatic heterocycles. The van der Waals surface area contributed by atoms with Crippen molar-refractivity contribution in [3.63, 3.8) is 0 Å². The Bertz CT molecular complexity index is 498. The molecule has 0 aliphatic carbocycles. The SMILES string of the molecule is Cc1cc(F)ccc1C(CN)N1CC(C)(C)OC(C)(C)C1. The number of ether oxygens (including phenoxy) is 1. The maximum absolute atomic E-state index is 13.3. The topological polar surface area (TPSA) is 38.5 Å². The summed E-state index contributed by atoms with van der Waals surface area (Å²) in [7, 11) is 0. The van der Waals surface area contributed by atoms with Crippen LogP contribution in [0.1, 0.15) is 44.9 Å². The third-order valence-electron chi connectivity index (χ3n) is 3.98. The van der Waals surface area contributed by atoms with Crippen molar-refractivity contribution in [2.24, 2.45) is 5.73 Å². The van der Waals surface area contributed by atoms with Crippen LogP contribution in [0.25, 0.3) is 0 Å². The lowest BCUT2D eigenvalue weighted by Crippen LogP contribution is -2.58. The van der Waals surface area contributed by atoms with E-state index in [2.05, 4.69) is 32.6 Å². The van der Waals surface area contributed by atoms with Crippen LogP contribution in [0.5, 0.6) is 0 Å². The first-order chi connectivity index (χ1) is 9.63. The molecule has 2 N–H and O–H groups in total. The van der Waals surface area contributed by atoms with Crippen molar-refractivity contribution in [3.8, 4) is 0 Å². The fourth-order valence-corrected chi connectivity index (χ4v) is 3.55. The Morgan fingerprint density at radius 3 is 2.29 bits per heavy atom. The van der Waals surface area contributed by atoms with E-state index in [1.165, 1.54) is 6.07 Å². The Hall–Kier alpha value is -0.970. The molecule has 0 amide bonds. The summed E-state index contributed by atoms with van der Waals surface area (Å²) in [4.78, 5) is 2.36. The van der Waals surface area contributed by atoms with Crippen LogP contribution in [0.4, 0.5) is 4.39 Å². The van der Waals surface area contributed by atoms with Crippen LogP contribution in [-0.2, 0) is 4.74 Å². The minimum Gasteiger partial charge on any atom is -0.367 e. The monoisotopic (exact) mass is 294 g/mol. The molecule has 1 aliphatic rings. The second-order valence-corrected chi connectivity index (χ2v) is 7.28. The van der Waals surface area contributed by atoms with Gasteiger partial charge in [-0.05, 0) is 57.9 Å². The lowest BCUT2D eigenvalue weighted by Gasteiger charge is -2.49. The minimum atomic E-state index is -0.219. The third-order valence-corrected chi connectivity index (χ3v) is 3.98. The number of hydrogen-bond donors (Lipinski definition) is 1. The fourth-order valence-electron chi connectivity index (χ4n) is 3.55. The van der Waals surface area contributed by atoms with E-state index in [0.717, 1.165) is 24.2 Å². The van der Waals surface area contributed by atoms with Gasteiger partial charge in [0.15, 0.2) is 0 Å². The van der Waals surface area contributed by atoms with Crippen molar-refractivity contribution >= 4 is 0 Å². The summed E-state index contributed by atoms with van der Waals surface area (Å²) < 4.78 is 19.5. The van der Waals surface area contributed by atoms with Crippen molar-refractivity contribution in [3.05, 3.63) is 35.1 Å². The predicted octanol–water partition coefficient (Wildman–Crippen LogP) is 3.02. The van der Waals surface area contributed by atoms with Gasteiger partial charge < -0.3 is 10.5 Å². The lowest BCUT2D eigenvalue weighted by molar-refractivity contribution is -0.187. The molecule has 0 aromatic heterocycles. The summed E-state index contributed by atoms with van der Waals surface area (Å²) >= 11 is 0. The molecule has 0 saturated carbocycles. The molecule has 1 heterocycles. The summed E-state index contributed by atoms with van der Waals surface area (Å²) in [6.07, 6.45) is 0. The van der Waals surface area contributed by atoms with Crippen molar-refractivity contribution in [2.75, 3.05) is 19.6 Å². The van der Waals surface area contributed by atoms with Crippen molar-refractivity contribution in [2.45, 2.75) is 51.9 Å². The maximum Gasteiger partial charge on any atom is 0.123 e. The number of morpholine rings is 1. The second kappa shape index (κ2) is 5.67. The number of nitrogens with two attached hydrogens (primary N) is 1. The molecule has 1 aromatic carbocycles. The first kappa shape index (κ1) is 16.4. The van der Waals surface area contributed by atoms with E-state index in [0.29, 0.717) is 6.54 Å². The molecule has 4 heteroatoms. The van der Waals surface area contributed by atoms with Crippen LogP contribution in [0, 0.1) is 12.7 Å². The predicted molar refractivity (Wildman–Crippen MR) is 83.7 cm³/mol. The Kier molecular flexibility index (Phi) is 4.43. The molecule has 1 aromatic rings. The smallest absolute Gasteiger partial charge is 0.123 e. The zero-order valence-electron chi connectivity index (χ0n) is 13.7. The van der Waals surface area contributed by atoms with Crippen LogP contribution in [0.15, 0.2) is 18.2 Å². The van der Waals surface area contributed by atoms with Gasteiger partial charge in [-0.3, -0.25) is 4.90 Å². The van der Waals surface area contributed by atoms with E-state index in [1.807, 2.05) is 13.0 Å². The summed E-state index contributed by atoms with van der Waals surface area (Å²) in [6.45, 7) is 12.5. The molecule has 0 radical (unpaired) electrons. The Morgan fingerprint density at radius 1 is 1.24 bits per heavy atom. The zero-order chi connectivity index (χ0) is 15.8. The molecule has 0 spiro atoms. The summed E-state index contributed by atoms with van der Waals surface area (Å²) in [5.41, 5.74) is 7.66. The number of benzene rings is 1. The first-order valence-corrected chi connectivity index (χ1v) is 7.54. The van der Waals surface area contributed by atoms with Gasteiger partial charge in [0.1, 0.15) is 5.82 Å². The van der Waals surface area contributed by atoms with Gasteiger partial charge in [0.25, 0.3) is 0 Å². The highest BCUT2D eigenvalue weighted by Gasteiger charge is 2.40. The number of rotatable bonds is 3. The molecule has 1 fully saturated rings. The van der Waals surface area contributed by atoms with Gasteiger partial charge in [-0.2, -0.15) is 0 Å². The highest BCUT2D eigenvalue weighted by atomic mass is 19.1. The van der Waals surface area contributed by atoms with Gasteiger partial charge in [0, 0.05) is 25.7 Å². The largest absolute Gasteiger partial charge is 0.367 e. The van der Waals surface area contributed by atoms with E-state index in [4.69, 9.17) is 10.5 Å². The number of halogens is 1. The number of nitrogens with zero attached hydrogens (tertiary/aromatic N) is 1. The van der Waals surface area contributed by atoms with E-state index in [9.17, 15) is 4.39 Å². The summed E-state index contributed by atoms with van der Waals surface area (Å²) in [5, 5.41) is 0. The molecular formula is C17H27FN2O. The molecule has 1 saturated heterocycles. The van der Waals surface area contributed by atoms with Gasteiger partial charge in [0.2, 0.25) is 0 Å². The normalized spacial score (nSPS) is 23.0. The van der Waals surface area contributed by atoms with E-state index < -0.39 is 0 Å². The van der Waals surface area contributed by atoms with Crippen LogP contribution >= 0.6 is 0 Å². The first-order valence-electron chi connectivity index (χ1n) is 7.54. The van der Waals surface area contributed by atoms with Gasteiger partial charge in [0.05, 0.1) is 11.2 Å². The van der Waals surface area contributed by atoms with Gasteiger partial charge in [-0.15, -0.1) is 0 Å². The highest BCUT2D eigenvalue weighted by molar-refractivity contribution is 5.30. The highest BCUT2D eigenvalue weighted by Crippen LogP contribution is 2.34. The Labute approximate surface area is 127 Å². The average Bonchev–Trinajstić information content (AvgIpc) is 2.28. The van der Waals surface area contributed by atoms with E-state index in [-0.39, 0.29) is 23.1 Å². The van der Waals surface area contributed by atoms with Crippen molar-refractivity contribution in [1.82, 2.24) is 4.90 Å². The van der Waals surface area contributed by atoms with Crippen molar-refractivity contribution < 1.29 is 9.13 Å². The van der Waals surface area contributed by atoms with Gasteiger partial charge in [-0.25, -0.2) is 4.39 Å². The van der Waals surface area contributed by atoms with Crippen LogP contribution in [-0.4, -0.2) is 35.7 Å². The second-order valence-electron chi connectivity index (χ2n) is 7.28. The van der Waals surface area contributed by atoms with Crippen LogP contribution in [0.2, 0.25) is 0 Å². The average molecular weight is 294 g/mol. The Morgan fingerprint density at radius 2 is 1.81 bits per heavy atom. The Balaban J connectivity index is 2.32. The van der Waals surface area contributed by atoms with Gasteiger partial charge in [-0.1, -0.05) is 6.07 Å².